The normalized spacial score (nSPS) is 11.9. The van der Waals surface area contributed by atoms with E-state index in [1.54, 1.807) is 0 Å². The number of rotatable bonds is 11. The van der Waals surface area contributed by atoms with Crippen molar-refractivity contribution >= 4 is 11.8 Å². The summed E-state index contributed by atoms with van der Waals surface area (Å²) in [6.45, 7) is 10.5. The van der Waals surface area contributed by atoms with Crippen LogP contribution in [0.2, 0.25) is 0 Å². The lowest BCUT2D eigenvalue weighted by Gasteiger charge is -2.20. The lowest BCUT2D eigenvalue weighted by atomic mass is 9.84. The molecule has 0 aliphatic carbocycles. The molecule has 0 aliphatic rings. The first-order valence-corrected chi connectivity index (χ1v) is 11.2. The standard InChI is InChI=1S/C27H36O3/c1-6-7-8-9-10-14-17-30-27(29)25(23-15-12-11-13-16-23)26(28)24-20(3)18-19(2)21(4)22(24)5/h11-13,15-16,18,25H,6-10,14,17H2,1-5H3. The van der Waals surface area contributed by atoms with Gasteiger partial charge >= 0.3 is 5.97 Å². The van der Waals surface area contributed by atoms with Crippen molar-refractivity contribution in [2.24, 2.45) is 0 Å². The largest absolute Gasteiger partial charge is 0.465 e. The van der Waals surface area contributed by atoms with Gasteiger partial charge in [0.25, 0.3) is 0 Å². The molecule has 30 heavy (non-hydrogen) atoms. The van der Waals surface area contributed by atoms with Gasteiger partial charge in [-0.2, -0.15) is 0 Å². The number of benzene rings is 2. The molecule has 0 saturated carbocycles. The summed E-state index contributed by atoms with van der Waals surface area (Å²) in [4.78, 5) is 26.6. The van der Waals surface area contributed by atoms with E-state index >= 15 is 0 Å². The lowest BCUT2D eigenvalue weighted by molar-refractivity contribution is -0.144. The summed E-state index contributed by atoms with van der Waals surface area (Å²) in [6.07, 6.45) is 6.74. The summed E-state index contributed by atoms with van der Waals surface area (Å²) < 4.78 is 5.58. The second-order valence-electron chi connectivity index (χ2n) is 8.28. The Hall–Kier alpha value is -2.42. The number of aryl methyl sites for hydroxylation is 2. The summed E-state index contributed by atoms with van der Waals surface area (Å²) in [6, 6.07) is 11.3. The van der Waals surface area contributed by atoms with Crippen LogP contribution in [0.3, 0.4) is 0 Å². The molecule has 0 aromatic heterocycles. The molecule has 0 spiro atoms. The molecule has 0 bridgehead atoms. The van der Waals surface area contributed by atoms with E-state index in [1.807, 2.05) is 64.1 Å². The van der Waals surface area contributed by atoms with Crippen LogP contribution >= 0.6 is 0 Å². The predicted octanol–water partition coefficient (Wildman–Crippen LogP) is 6.79. The van der Waals surface area contributed by atoms with Crippen molar-refractivity contribution in [1.82, 2.24) is 0 Å². The van der Waals surface area contributed by atoms with Gasteiger partial charge in [-0.05, 0) is 61.9 Å². The minimum absolute atomic E-state index is 0.174. The van der Waals surface area contributed by atoms with Crippen LogP contribution in [0.15, 0.2) is 36.4 Å². The average Bonchev–Trinajstić information content (AvgIpc) is 2.72. The SMILES string of the molecule is CCCCCCCCOC(=O)C(C(=O)c1c(C)cc(C)c(C)c1C)c1ccccc1. The Kier molecular flexibility index (Phi) is 9.29. The third kappa shape index (κ3) is 6.04. The fourth-order valence-corrected chi connectivity index (χ4v) is 3.99. The summed E-state index contributed by atoms with van der Waals surface area (Å²) in [5.41, 5.74) is 5.43. The van der Waals surface area contributed by atoms with E-state index in [4.69, 9.17) is 4.74 Å². The van der Waals surface area contributed by atoms with E-state index in [0.717, 1.165) is 41.5 Å². The van der Waals surface area contributed by atoms with E-state index in [-0.39, 0.29) is 5.78 Å². The average molecular weight is 409 g/mol. The van der Waals surface area contributed by atoms with Crippen molar-refractivity contribution in [3.63, 3.8) is 0 Å². The van der Waals surface area contributed by atoms with Crippen molar-refractivity contribution in [2.45, 2.75) is 79.1 Å². The highest BCUT2D eigenvalue weighted by molar-refractivity contribution is 6.14. The number of Topliss-reactive ketones (excluding diaryl/α,β-unsaturated/α-hetero) is 1. The maximum absolute atomic E-state index is 13.6. The molecule has 3 heteroatoms. The fourth-order valence-electron chi connectivity index (χ4n) is 3.99. The minimum Gasteiger partial charge on any atom is -0.465 e. The molecule has 1 atom stereocenters. The number of carbonyl (C=O) groups is 2. The molecule has 0 amide bonds. The van der Waals surface area contributed by atoms with Gasteiger partial charge < -0.3 is 4.74 Å². The highest BCUT2D eigenvalue weighted by Crippen LogP contribution is 2.29. The predicted molar refractivity (Wildman–Crippen MR) is 123 cm³/mol. The molecule has 0 fully saturated rings. The van der Waals surface area contributed by atoms with Crippen molar-refractivity contribution in [3.8, 4) is 0 Å². The Labute approximate surface area is 181 Å². The highest BCUT2D eigenvalue weighted by Gasteiger charge is 2.33. The topological polar surface area (TPSA) is 43.4 Å². The smallest absolute Gasteiger partial charge is 0.321 e. The maximum Gasteiger partial charge on any atom is 0.321 e. The van der Waals surface area contributed by atoms with E-state index in [2.05, 4.69) is 6.92 Å². The Morgan fingerprint density at radius 3 is 2.13 bits per heavy atom. The molecule has 2 aromatic carbocycles. The first-order chi connectivity index (χ1) is 14.4. The maximum atomic E-state index is 13.6. The molecule has 162 valence electrons. The van der Waals surface area contributed by atoms with Gasteiger partial charge in [-0.1, -0.05) is 75.4 Å². The van der Waals surface area contributed by atoms with Crippen LogP contribution in [-0.4, -0.2) is 18.4 Å². The Bertz CT molecular complexity index is 852. The monoisotopic (exact) mass is 408 g/mol. The van der Waals surface area contributed by atoms with Gasteiger partial charge in [-0.15, -0.1) is 0 Å². The molecular weight excluding hydrogens is 372 g/mol. The van der Waals surface area contributed by atoms with Gasteiger partial charge in [-0.25, -0.2) is 0 Å². The van der Waals surface area contributed by atoms with Gasteiger partial charge in [0.05, 0.1) is 6.61 Å². The molecule has 0 saturated heterocycles. The number of hydrogen-bond donors (Lipinski definition) is 0. The zero-order valence-corrected chi connectivity index (χ0v) is 19.2. The third-order valence-electron chi connectivity index (χ3n) is 5.98. The van der Waals surface area contributed by atoms with Crippen LogP contribution in [0.5, 0.6) is 0 Å². The number of ketones is 1. The fraction of sp³-hybridized carbons (Fsp3) is 0.481. The van der Waals surface area contributed by atoms with Crippen LogP contribution in [-0.2, 0) is 9.53 Å². The molecule has 2 aromatic rings. The van der Waals surface area contributed by atoms with Crippen molar-refractivity contribution in [2.75, 3.05) is 6.61 Å². The Morgan fingerprint density at radius 1 is 0.833 bits per heavy atom. The van der Waals surface area contributed by atoms with Crippen LogP contribution in [0.1, 0.15) is 89.5 Å². The Balaban J connectivity index is 2.20. The summed E-state index contributed by atoms with van der Waals surface area (Å²) >= 11 is 0. The molecule has 0 radical (unpaired) electrons. The van der Waals surface area contributed by atoms with Crippen LogP contribution in [0.25, 0.3) is 0 Å². The summed E-state index contributed by atoms with van der Waals surface area (Å²) in [5, 5.41) is 0. The number of hydrogen-bond acceptors (Lipinski definition) is 3. The number of unbranched alkanes of at least 4 members (excludes halogenated alkanes) is 5. The van der Waals surface area contributed by atoms with Gasteiger partial charge in [0.15, 0.2) is 5.78 Å². The van der Waals surface area contributed by atoms with E-state index in [0.29, 0.717) is 17.7 Å². The van der Waals surface area contributed by atoms with Crippen molar-refractivity contribution in [1.29, 1.82) is 0 Å². The number of esters is 1. The molecule has 2 rings (SSSR count). The summed E-state index contributed by atoms with van der Waals surface area (Å²) in [5.74, 6) is -1.55. The van der Waals surface area contributed by atoms with Crippen LogP contribution in [0.4, 0.5) is 0 Å². The second kappa shape index (κ2) is 11.7. The minimum atomic E-state index is -0.925. The molecule has 0 N–H and O–H groups in total. The first-order valence-electron chi connectivity index (χ1n) is 11.2. The van der Waals surface area contributed by atoms with Crippen LogP contribution in [0, 0.1) is 27.7 Å². The molecular formula is C27H36O3. The Morgan fingerprint density at radius 2 is 1.47 bits per heavy atom. The molecule has 3 nitrogen and oxygen atoms in total. The zero-order valence-electron chi connectivity index (χ0n) is 19.2. The van der Waals surface area contributed by atoms with E-state index < -0.39 is 11.9 Å². The quantitative estimate of drug-likeness (QED) is 0.178. The van der Waals surface area contributed by atoms with Gasteiger partial charge in [0.2, 0.25) is 0 Å². The highest BCUT2D eigenvalue weighted by atomic mass is 16.5. The number of ether oxygens (including phenoxy) is 1. The molecule has 0 aliphatic heterocycles. The zero-order chi connectivity index (χ0) is 22.1. The van der Waals surface area contributed by atoms with Gasteiger partial charge in [0.1, 0.15) is 5.92 Å². The van der Waals surface area contributed by atoms with E-state index in [9.17, 15) is 9.59 Å². The molecule has 0 heterocycles. The lowest BCUT2D eigenvalue weighted by Crippen LogP contribution is -2.26. The van der Waals surface area contributed by atoms with Gasteiger partial charge in [0, 0.05) is 5.56 Å². The van der Waals surface area contributed by atoms with E-state index in [1.165, 1.54) is 19.3 Å². The van der Waals surface area contributed by atoms with Crippen molar-refractivity contribution < 1.29 is 14.3 Å². The molecule has 1 unspecified atom stereocenters. The second-order valence-corrected chi connectivity index (χ2v) is 8.28. The van der Waals surface area contributed by atoms with Gasteiger partial charge in [-0.3, -0.25) is 9.59 Å². The third-order valence-corrected chi connectivity index (χ3v) is 5.98. The first kappa shape index (κ1) is 23.9. The van der Waals surface area contributed by atoms with Crippen molar-refractivity contribution in [3.05, 3.63) is 69.8 Å². The number of carbonyl (C=O) groups excluding carboxylic acids is 2. The summed E-state index contributed by atoms with van der Waals surface area (Å²) in [7, 11) is 0. The van der Waals surface area contributed by atoms with Crippen LogP contribution < -0.4 is 0 Å².